The molecule has 1 saturated carbocycles. The number of hydrogen-bond acceptors (Lipinski definition) is 3. The third-order valence-corrected chi connectivity index (χ3v) is 2.95. The third-order valence-electron chi connectivity index (χ3n) is 2.95. The van der Waals surface area contributed by atoms with Gasteiger partial charge in [0, 0.05) is 0 Å². The summed E-state index contributed by atoms with van der Waals surface area (Å²) in [6.07, 6.45) is 2.03. The molecule has 1 unspecified atom stereocenters. The predicted octanol–water partition coefficient (Wildman–Crippen LogP) is 2.40. The molecule has 0 spiro atoms. The second-order valence-corrected chi connectivity index (χ2v) is 4.21. The topological polar surface area (TPSA) is 35.5 Å². The molecular weight excluding hydrogens is 223 g/mol. The maximum absolute atomic E-state index is 13.3. The van der Waals surface area contributed by atoms with Crippen molar-refractivity contribution in [2.75, 3.05) is 13.7 Å². The van der Waals surface area contributed by atoms with Crippen LogP contribution in [0.4, 0.5) is 4.39 Å². The minimum Gasteiger partial charge on any atom is -0.490 e. The lowest BCUT2D eigenvalue weighted by molar-refractivity contribution is -0.147. The van der Waals surface area contributed by atoms with Crippen LogP contribution in [0.2, 0.25) is 0 Å². The van der Waals surface area contributed by atoms with Gasteiger partial charge in [0.05, 0.1) is 13.0 Å². The van der Waals surface area contributed by atoms with Crippen molar-refractivity contribution in [3.63, 3.8) is 0 Å². The van der Waals surface area contributed by atoms with Gasteiger partial charge in [-0.3, -0.25) is 4.79 Å². The number of carbonyl (C=O) groups excluding carboxylic acids is 1. The Morgan fingerprint density at radius 2 is 2.18 bits per heavy atom. The van der Waals surface area contributed by atoms with Crippen molar-refractivity contribution in [1.82, 2.24) is 0 Å². The molecule has 1 aliphatic rings. The van der Waals surface area contributed by atoms with Crippen LogP contribution in [-0.2, 0) is 9.53 Å². The van der Waals surface area contributed by atoms with Crippen molar-refractivity contribution < 1.29 is 18.7 Å². The van der Waals surface area contributed by atoms with Gasteiger partial charge in [-0.05, 0) is 30.9 Å². The number of halogens is 1. The van der Waals surface area contributed by atoms with E-state index in [4.69, 9.17) is 9.47 Å². The van der Waals surface area contributed by atoms with Gasteiger partial charge in [-0.15, -0.1) is 0 Å². The fourth-order valence-electron chi connectivity index (χ4n) is 1.79. The average molecular weight is 238 g/mol. The molecule has 3 nitrogen and oxygen atoms in total. The van der Waals surface area contributed by atoms with Gasteiger partial charge >= 0.3 is 5.97 Å². The lowest BCUT2D eigenvalue weighted by atomic mass is 10.1. The van der Waals surface area contributed by atoms with Gasteiger partial charge in [0.1, 0.15) is 6.61 Å². The SMILES string of the molecule is COC(=O)C(COc1ccccc1F)C1CC1. The molecule has 1 aromatic carbocycles. The van der Waals surface area contributed by atoms with E-state index in [9.17, 15) is 9.18 Å². The molecule has 17 heavy (non-hydrogen) atoms. The molecule has 4 heteroatoms. The van der Waals surface area contributed by atoms with Crippen LogP contribution in [0.15, 0.2) is 24.3 Å². The molecular formula is C13H15FO3. The van der Waals surface area contributed by atoms with Gasteiger partial charge in [0.2, 0.25) is 0 Å². The largest absolute Gasteiger partial charge is 0.490 e. The Morgan fingerprint density at radius 1 is 1.47 bits per heavy atom. The van der Waals surface area contributed by atoms with Crippen LogP contribution in [0.5, 0.6) is 5.75 Å². The number of para-hydroxylation sites is 1. The highest BCUT2D eigenvalue weighted by Crippen LogP contribution is 2.37. The molecule has 0 bridgehead atoms. The zero-order valence-corrected chi connectivity index (χ0v) is 9.69. The Balaban J connectivity index is 1.95. The molecule has 92 valence electrons. The lowest BCUT2D eigenvalue weighted by Gasteiger charge is -2.15. The van der Waals surface area contributed by atoms with Gasteiger partial charge in [-0.25, -0.2) is 4.39 Å². The Hall–Kier alpha value is -1.58. The zero-order valence-electron chi connectivity index (χ0n) is 9.69. The second-order valence-electron chi connectivity index (χ2n) is 4.21. The van der Waals surface area contributed by atoms with Gasteiger partial charge in [-0.1, -0.05) is 12.1 Å². The van der Waals surface area contributed by atoms with E-state index < -0.39 is 5.82 Å². The summed E-state index contributed by atoms with van der Waals surface area (Å²) in [7, 11) is 1.36. The molecule has 1 atom stereocenters. The van der Waals surface area contributed by atoms with E-state index in [2.05, 4.69) is 0 Å². The minimum absolute atomic E-state index is 0.179. The number of carbonyl (C=O) groups is 1. The maximum Gasteiger partial charge on any atom is 0.312 e. The van der Waals surface area contributed by atoms with Crippen molar-refractivity contribution in [2.24, 2.45) is 11.8 Å². The molecule has 0 aromatic heterocycles. The van der Waals surface area contributed by atoms with Crippen LogP contribution in [0.1, 0.15) is 12.8 Å². The van der Waals surface area contributed by atoms with Gasteiger partial charge in [0.25, 0.3) is 0 Å². The van der Waals surface area contributed by atoms with Crippen LogP contribution >= 0.6 is 0 Å². The highest BCUT2D eigenvalue weighted by Gasteiger charge is 2.37. The second kappa shape index (κ2) is 5.17. The van der Waals surface area contributed by atoms with Crippen LogP contribution in [0, 0.1) is 17.7 Å². The Bertz CT molecular complexity index is 401. The Morgan fingerprint density at radius 3 is 2.76 bits per heavy atom. The van der Waals surface area contributed by atoms with Crippen molar-refractivity contribution in [2.45, 2.75) is 12.8 Å². The number of rotatable bonds is 5. The van der Waals surface area contributed by atoms with E-state index in [-0.39, 0.29) is 24.2 Å². The molecule has 0 heterocycles. The first kappa shape index (κ1) is 11.9. The highest BCUT2D eigenvalue weighted by atomic mass is 19.1. The fourth-order valence-corrected chi connectivity index (χ4v) is 1.79. The summed E-state index contributed by atoms with van der Waals surface area (Å²) in [6.45, 7) is 0.179. The van der Waals surface area contributed by atoms with Crippen LogP contribution in [0.3, 0.4) is 0 Å². The van der Waals surface area contributed by atoms with E-state index in [1.54, 1.807) is 18.2 Å². The lowest BCUT2D eigenvalue weighted by Crippen LogP contribution is -2.25. The minimum atomic E-state index is -0.410. The number of methoxy groups -OCH3 is 1. The highest BCUT2D eigenvalue weighted by molar-refractivity contribution is 5.73. The van der Waals surface area contributed by atoms with Gasteiger partial charge in [0.15, 0.2) is 11.6 Å². The average Bonchev–Trinajstić information content (AvgIpc) is 3.15. The number of ether oxygens (including phenoxy) is 2. The van der Waals surface area contributed by atoms with E-state index in [0.717, 1.165) is 12.8 Å². The Labute approximate surface area is 99.5 Å². The summed E-state index contributed by atoms with van der Waals surface area (Å²) in [5.41, 5.74) is 0. The zero-order chi connectivity index (χ0) is 12.3. The summed E-state index contributed by atoms with van der Waals surface area (Å²) >= 11 is 0. The molecule has 2 rings (SSSR count). The molecule has 1 fully saturated rings. The third kappa shape index (κ3) is 2.96. The standard InChI is InChI=1S/C13H15FO3/c1-16-13(15)10(9-6-7-9)8-17-12-5-3-2-4-11(12)14/h2-5,9-10H,6-8H2,1H3. The summed E-state index contributed by atoms with van der Waals surface area (Å²) in [5.74, 6) is -0.452. The van der Waals surface area contributed by atoms with Crippen LogP contribution in [-0.4, -0.2) is 19.7 Å². The first-order valence-electron chi connectivity index (χ1n) is 5.67. The molecule has 1 aliphatic carbocycles. The van der Waals surface area contributed by atoms with Crippen molar-refractivity contribution in [1.29, 1.82) is 0 Å². The summed E-state index contributed by atoms with van der Waals surface area (Å²) < 4.78 is 23.4. The van der Waals surface area contributed by atoms with E-state index in [0.29, 0.717) is 5.92 Å². The summed E-state index contributed by atoms with van der Waals surface area (Å²) in [5, 5.41) is 0. The molecule has 0 saturated heterocycles. The molecule has 0 N–H and O–H groups in total. The fraction of sp³-hybridized carbons (Fsp3) is 0.462. The quantitative estimate of drug-likeness (QED) is 0.739. The van der Waals surface area contributed by atoms with Crippen molar-refractivity contribution in [3.05, 3.63) is 30.1 Å². The molecule has 0 aliphatic heterocycles. The first-order chi connectivity index (χ1) is 8.22. The van der Waals surface area contributed by atoms with Gasteiger partial charge < -0.3 is 9.47 Å². The van der Waals surface area contributed by atoms with E-state index >= 15 is 0 Å². The monoisotopic (exact) mass is 238 g/mol. The summed E-state index contributed by atoms with van der Waals surface area (Å²) in [6, 6.07) is 6.18. The molecule has 1 aromatic rings. The van der Waals surface area contributed by atoms with Crippen molar-refractivity contribution in [3.8, 4) is 5.75 Å². The molecule has 0 radical (unpaired) electrons. The smallest absolute Gasteiger partial charge is 0.312 e. The predicted molar refractivity (Wildman–Crippen MR) is 60.1 cm³/mol. The van der Waals surface area contributed by atoms with Crippen LogP contribution in [0.25, 0.3) is 0 Å². The van der Waals surface area contributed by atoms with E-state index in [1.165, 1.54) is 13.2 Å². The normalized spacial score (nSPS) is 16.4. The maximum atomic E-state index is 13.3. The van der Waals surface area contributed by atoms with Crippen LogP contribution < -0.4 is 4.74 Å². The van der Waals surface area contributed by atoms with Crippen molar-refractivity contribution >= 4 is 5.97 Å². The first-order valence-corrected chi connectivity index (χ1v) is 5.67. The number of hydrogen-bond donors (Lipinski definition) is 0. The summed E-state index contributed by atoms with van der Waals surface area (Å²) in [4.78, 5) is 11.5. The molecule has 0 amide bonds. The van der Waals surface area contributed by atoms with Gasteiger partial charge in [-0.2, -0.15) is 0 Å². The Kier molecular flexibility index (Phi) is 3.61. The number of benzene rings is 1. The number of esters is 1. The van der Waals surface area contributed by atoms with E-state index in [1.807, 2.05) is 0 Å².